The Balaban J connectivity index is 3.04. The molecule has 0 spiro atoms. The van der Waals surface area contributed by atoms with E-state index >= 15 is 0 Å². The Morgan fingerprint density at radius 1 is 1.53 bits per heavy atom. The lowest BCUT2D eigenvalue weighted by Gasteiger charge is -2.11. The Morgan fingerprint density at radius 3 is 2.68 bits per heavy atom. The van der Waals surface area contributed by atoms with Crippen molar-refractivity contribution in [3.8, 4) is 6.07 Å². The number of rotatable bonds is 5. The van der Waals surface area contributed by atoms with E-state index in [1.807, 2.05) is 6.07 Å². The molecule has 6 nitrogen and oxygen atoms in total. The monoisotopic (exact) mass is 298 g/mol. The molecule has 102 valence electrons. The Bertz CT molecular complexity index is 516. The maximum atomic E-state index is 11.6. The average molecular weight is 298 g/mol. The van der Waals surface area contributed by atoms with Crippen LogP contribution < -0.4 is 5.73 Å². The second-order valence-electron chi connectivity index (χ2n) is 3.40. The van der Waals surface area contributed by atoms with Gasteiger partial charge in [0.25, 0.3) is 0 Å². The lowest BCUT2D eigenvalue weighted by Crippen LogP contribution is -2.17. The lowest BCUT2D eigenvalue weighted by molar-refractivity contribution is -0.142. The molecule has 0 saturated carbocycles. The third-order valence-corrected chi connectivity index (χ3v) is 3.82. The topological polar surface area (TPSA) is 102 Å². The van der Waals surface area contributed by atoms with Crippen molar-refractivity contribution < 1.29 is 9.53 Å². The molecular weight excluding hydrogens is 284 g/mol. The number of carbonyl (C=O) groups is 1. The van der Waals surface area contributed by atoms with Crippen LogP contribution >= 0.6 is 23.5 Å². The molecule has 0 aromatic carbocycles. The predicted molar refractivity (Wildman–Crippen MR) is 74.9 cm³/mol. The molecule has 0 radical (unpaired) electrons. The fourth-order valence-corrected chi connectivity index (χ4v) is 2.74. The summed E-state index contributed by atoms with van der Waals surface area (Å²) < 4.78 is 4.91. The van der Waals surface area contributed by atoms with Gasteiger partial charge in [-0.15, -0.1) is 11.8 Å². The van der Waals surface area contributed by atoms with Crippen LogP contribution in [0.5, 0.6) is 0 Å². The molecular formula is C11H14N4O2S2. The number of carbonyl (C=O) groups excluding carboxylic acids is 1. The maximum absolute atomic E-state index is 11.6. The van der Waals surface area contributed by atoms with Crippen LogP contribution in [0.15, 0.2) is 10.1 Å². The molecule has 8 heteroatoms. The number of thioether (sulfide) groups is 2. The number of nitrogens with zero attached hydrogens (tertiary/aromatic N) is 3. The summed E-state index contributed by atoms with van der Waals surface area (Å²) in [4.78, 5) is 19.6. The molecule has 2 N–H and O–H groups in total. The van der Waals surface area contributed by atoms with Crippen LogP contribution in [0.25, 0.3) is 0 Å². The van der Waals surface area contributed by atoms with Crippen LogP contribution in [0.4, 0.5) is 5.95 Å². The molecule has 1 heterocycles. The molecule has 19 heavy (non-hydrogen) atoms. The molecule has 0 aliphatic carbocycles. The predicted octanol–water partition coefficient (Wildman–Crippen LogP) is 1.70. The summed E-state index contributed by atoms with van der Waals surface area (Å²) in [5.41, 5.74) is 5.93. The number of hydrogen-bond acceptors (Lipinski definition) is 8. The summed E-state index contributed by atoms with van der Waals surface area (Å²) in [6, 6.07) is 2.04. The van der Waals surface area contributed by atoms with Crippen LogP contribution in [0.3, 0.4) is 0 Å². The first-order valence-corrected chi connectivity index (χ1v) is 7.58. The van der Waals surface area contributed by atoms with Crippen molar-refractivity contribution in [1.82, 2.24) is 9.97 Å². The van der Waals surface area contributed by atoms with Crippen molar-refractivity contribution in [2.45, 2.75) is 29.1 Å². The highest BCUT2D eigenvalue weighted by atomic mass is 32.2. The smallest absolute Gasteiger partial charge is 0.319 e. The van der Waals surface area contributed by atoms with E-state index in [1.165, 1.54) is 11.8 Å². The first kappa shape index (κ1) is 15.6. The first-order valence-electron chi connectivity index (χ1n) is 5.48. The summed E-state index contributed by atoms with van der Waals surface area (Å²) in [6.07, 6.45) is 1.80. The van der Waals surface area contributed by atoms with E-state index in [0.717, 1.165) is 11.8 Å². The average Bonchev–Trinajstić information content (AvgIpc) is 2.38. The van der Waals surface area contributed by atoms with E-state index in [-0.39, 0.29) is 11.9 Å². The van der Waals surface area contributed by atoms with Gasteiger partial charge >= 0.3 is 5.97 Å². The van der Waals surface area contributed by atoms with Crippen molar-refractivity contribution >= 4 is 35.4 Å². The summed E-state index contributed by atoms with van der Waals surface area (Å²) in [6.45, 7) is 3.75. The first-order chi connectivity index (χ1) is 9.03. The largest absolute Gasteiger partial charge is 0.465 e. The van der Waals surface area contributed by atoms with E-state index in [2.05, 4.69) is 9.97 Å². The molecule has 0 saturated heterocycles. The van der Waals surface area contributed by atoms with Crippen molar-refractivity contribution in [3.05, 3.63) is 5.56 Å². The normalized spacial score (nSPS) is 11.7. The van der Waals surface area contributed by atoms with Gasteiger partial charge in [0.05, 0.1) is 6.61 Å². The van der Waals surface area contributed by atoms with Gasteiger partial charge in [-0.05, 0) is 20.1 Å². The second kappa shape index (κ2) is 7.21. The van der Waals surface area contributed by atoms with E-state index in [1.54, 1.807) is 20.1 Å². The standard InChI is InChI=1S/C11H14N4O2S2/c1-4-17-10(16)6(2)19-9-7(5-12)8(18-3)14-11(13)15-9/h6H,4H2,1-3H3,(H2,13,14,15)/t6-/m1/s1. The number of nitrogen functional groups attached to an aromatic ring is 1. The van der Waals surface area contributed by atoms with Crippen molar-refractivity contribution in [1.29, 1.82) is 5.26 Å². The Hall–Kier alpha value is -1.46. The summed E-state index contributed by atoms with van der Waals surface area (Å²) >= 11 is 2.46. The molecule has 0 aliphatic heterocycles. The number of hydrogen-bond donors (Lipinski definition) is 1. The van der Waals surface area contributed by atoms with Gasteiger partial charge in [-0.2, -0.15) is 5.26 Å². The number of esters is 1. The molecule has 0 bridgehead atoms. The molecule has 0 aliphatic rings. The van der Waals surface area contributed by atoms with Crippen LogP contribution in [0, 0.1) is 11.3 Å². The van der Waals surface area contributed by atoms with Gasteiger partial charge in [0.1, 0.15) is 26.9 Å². The highest BCUT2D eigenvalue weighted by Gasteiger charge is 2.21. The zero-order valence-electron chi connectivity index (χ0n) is 10.8. The minimum atomic E-state index is -0.462. The van der Waals surface area contributed by atoms with E-state index < -0.39 is 5.25 Å². The Morgan fingerprint density at radius 2 is 2.16 bits per heavy atom. The van der Waals surface area contributed by atoms with Gasteiger partial charge in [-0.1, -0.05) is 11.8 Å². The van der Waals surface area contributed by atoms with Crippen LogP contribution in [-0.2, 0) is 9.53 Å². The fourth-order valence-electron chi connectivity index (χ4n) is 1.24. The molecule has 1 aromatic heterocycles. The molecule has 0 unspecified atom stereocenters. The quantitative estimate of drug-likeness (QED) is 0.498. The summed E-state index contributed by atoms with van der Waals surface area (Å²) in [5, 5.41) is 9.61. The van der Waals surface area contributed by atoms with Crippen LogP contribution in [-0.4, -0.2) is 34.0 Å². The van der Waals surface area contributed by atoms with Crippen LogP contribution in [0.2, 0.25) is 0 Å². The molecule has 1 rings (SSSR count). The highest BCUT2D eigenvalue weighted by Crippen LogP contribution is 2.30. The number of nitriles is 1. The number of aromatic nitrogens is 2. The number of ether oxygens (including phenoxy) is 1. The molecule has 0 fully saturated rings. The minimum absolute atomic E-state index is 0.0851. The summed E-state index contributed by atoms with van der Waals surface area (Å²) in [7, 11) is 0. The van der Waals surface area contributed by atoms with Gasteiger partial charge in [0.15, 0.2) is 0 Å². The number of anilines is 1. The summed E-state index contributed by atoms with van der Waals surface area (Å²) in [5.74, 6) is -0.263. The molecule has 1 aromatic rings. The van der Waals surface area contributed by atoms with Gasteiger partial charge in [0, 0.05) is 0 Å². The van der Waals surface area contributed by atoms with Gasteiger partial charge in [-0.25, -0.2) is 9.97 Å². The van der Waals surface area contributed by atoms with E-state index in [4.69, 9.17) is 15.7 Å². The maximum Gasteiger partial charge on any atom is 0.319 e. The lowest BCUT2D eigenvalue weighted by atomic mass is 10.4. The minimum Gasteiger partial charge on any atom is -0.465 e. The zero-order chi connectivity index (χ0) is 14.4. The van der Waals surface area contributed by atoms with Gasteiger partial charge in [0.2, 0.25) is 5.95 Å². The number of nitrogens with two attached hydrogens (primary N) is 1. The second-order valence-corrected chi connectivity index (χ2v) is 5.52. The van der Waals surface area contributed by atoms with E-state index in [0.29, 0.717) is 22.2 Å². The van der Waals surface area contributed by atoms with E-state index in [9.17, 15) is 4.79 Å². The van der Waals surface area contributed by atoms with Crippen LogP contribution in [0.1, 0.15) is 19.4 Å². The Kier molecular flexibility index (Phi) is 5.92. The molecule has 0 amide bonds. The van der Waals surface area contributed by atoms with Gasteiger partial charge < -0.3 is 10.5 Å². The van der Waals surface area contributed by atoms with Crippen molar-refractivity contribution in [2.24, 2.45) is 0 Å². The zero-order valence-corrected chi connectivity index (χ0v) is 12.5. The Labute approximate surface area is 120 Å². The van der Waals surface area contributed by atoms with Gasteiger partial charge in [-0.3, -0.25) is 4.79 Å². The van der Waals surface area contributed by atoms with Crippen molar-refractivity contribution in [3.63, 3.8) is 0 Å². The SMILES string of the molecule is CCOC(=O)[C@@H](C)Sc1nc(N)nc(SC)c1C#N. The van der Waals surface area contributed by atoms with Crippen molar-refractivity contribution in [2.75, 3.05) is 18.6 Å². The molecule has 1 atom stereocenters. The third-order valence-electron chi connectivity index (χ3n) is 2.07. The third kappa shape index (κ3) is 4.01. The highest BCUT2D eigenvalue weighted by molar-refractivity contribution is 8.00. The fraction of sp³-hybridized carbons (Fsp3) is 0.455.